The number of carbonyl (C=O) groups is 1. The fourth-order valence-corrected chi connectivity index (χ4v) is 6.53. The number of carboxylic acids is 1. The number of carboxylic acid groups (broad SMARTS) is 1. The molecule has 4 aliphatic rings. The van der Waals surface area contributed by atoms with Gasteiger partial charge in [-0.05, 0) is 68.5 Å². The number of aliphatic carboxylic acids is 1. The molecule has 1 aromatic rings. The molecule has 0 amide bonds. The number of aliphatic hydroxyl groups is 3. The Hall–Kier alpha value is -1.71. The van der Waals surface area contributed by atoms with E-state index in [4.69, 9.17) is 9.47 Å². The predicted molar refractivity (Wildman–Crippen MR) is 110 cm³/mol. The van der Waals surface area contributed by atoms with Crippen LogP contribution in [0.5, 0.6) is 5.75 Å². The second kappa shape index (κ2) is 7.71. The molecule has 0 spiro atoms. The lowest BCUT2D eigenvalue weighted by molar-refractivity contribution is -0.271. The van der Waals surface area contributed by atoms with Crippen molar-refractivity contribution in [3.63, 3.8) is 0 Å². The first kappa shape index (κ1) is 21.2. The van der Waals surface area contributed by atoms with Crippen LogP contribution in [0.2, 0.25) is 0 Å². The van der Waals surface area contributed by atoms with Gasteiger partial charge in [0.25, 0.3) is 0 Å². The summed E-state index contributed by atoms with van der Waals surface area (Å²) < 4.78 is 11.2. The molecular weight excluding hydrogens is 402 g/mol. The largest absolute Gasteiger partial charge is 0.479 e. The minimum atomic E-state index is -1.73. The van der Waals surface area contributed by atoms with Gasteiger partial charge in [-0.3, -0.25) is 0 Å². The molecule has 2 aliphatic heterocycles. The van der Waals surface area contributed by atoms with Crippen molar-refractivity contribution in [1.82, 2.24) is 4.90 Å². The number of fused-ring (bicyclic) bond motifs is 1. The van der Waals surface area contributed by atoms with Gasteiger partial charge in [0.05, 0.1) is 0 Å². The minimum Gasteiger partial charge on any atom is -0.479 e. The lowest BCUT2D eigenvalue weighted by Gasteiger charge is -2.58. The maximum Gasteiger partial charge on any atom is 0.335 e. The Bertz CT molecular complexity index is 862. The Morgan fingerprint density at radius 3 is 2.74 bits per heavy atom. The lowest BCUT2D eigenvalue weighted by atomic mass is 9.52. The Balaban J connectivity index is 1.45. The van der Waals surface area contributed by atoms with Gasteiger partial charge in [-0.15, -0.1) is 0 Å². The SMILES string of the molecule is CN1CC[C@@]23CCCC[C@@H]2[C@H]1Cc1ccc(O[C@@H]2O[C@H](C(=O)O)[C@@H](O)[C@@H](O)[C@H]2O)cc13. The molecule has 8 atom stereocenters. The smallest absolute Gasteiger partial charge is 0.335 e. The quantitative estimate of drug-likeness (QED) is 0.549. The standard InChI is InChI=1S/C23H31NO7/c1-24-9-8-23-7-3-2-4-14(23)16(24)10-12-5-6-13(11-15(12)23)30-22-19(27)17(25)18(26)20(31-22)21(28)29/h5-6,11,14,16-20,22,25-27H,2-4,7-10H2,1H3,(H,28,29)/t14-,16-,17-,18+,19-,20+,22-,23+/m1/s1. The molecule has 2 bridgehead atoms. The van der Waals surface area contributed by atoms with Crippen molar-refractivity contribution in [3.05, 3.63) is 29.3 Å². The maximum atomic E-state index is 11.4. The first-order valence-corrected chi connectivity index (χ1v) is 11.2. The molecule has 0 aromatic heterocycles. The van der Waals surface area contributed by atoms with Crippen LogP contribution in [0.25, 0.3) is 0 Å². The summed E-state index contributed by atoms with van der Waals surface area (Å²) in [5, 5.41) is 39.5. The number of likely N-dealkylation sites (N-methyl/N-ethyl adjacent to an activating group) is 1. The van der Waals surface area contributed by atoms with Crippen LogP contribution < -0.4 is 4.74 Å². The first-order chi connectivity index (χ1) is 14.8. The zero-order valence-corrected chi connectivity index (χ0v) is 17.7. The Kier molecular flexibility index (Phi) is 5.26. The van der Waals surface area contributed by atoms with E-state index >= 15 is 0 Å². The van der Waals surface area contributed by atoms with Gasteiger partial charge in [-0.25, -0.2) is 4.79 Å². The summed E-state index contributed by atoms with van der Waals surface area (Å²) in [5.74, 6) is -0.321. The number of rotatable bonds is 3. The van der Waals surface area contributed by atoms with E-state index < -0.39 is 36.7 Å². The van der Waals surface area contributed by atoms with Gasteiger partial charge in [0.15, 0.2) is 6.10 Å². The minimum absolute atomic E-state index is 0.133. The van der Waals surface area contributed by atoms with Crippen LogP contribution in [0.3, 0.4) is 0 Å². The van der Waals surface area contributed by atoms with Gasteiger partial charge in [0.1, 0.15) is 24.1 Å². The normalized spacial score (nSPS) is 42.4. The number of hydrogen-bond donors (Lipinski definition) is 4. The van der Waals surface area contributed by atoms with Crippen molar-refractivity contribution in [2.45, 2.75) is 80.7 Å². The number of ether oxygens (including phenoxy) is 2. The fraction of sp³-hybridized carbons (Fsp3) is 0.696. The van der Waals surface area contributed by atoms with Crippen LogP contribution in [0, 0.1) is 5.92 Å². The zero-order valence-electron chi connectivity index (χ0n) is 17.7. The summed E-state index contributed by atoms with van der Waals surface area (Å²) in [6.45, 7) is 1.07. The van der Waals surface area contributed by atoms with Crippen molar-refractivity contribution in [1.29, 1.82) is 0 Å². The molecule has 3 fully saturated rings. The highest BCUT2D eigenvalue weighted by Crippen LogP contribution is 2.56. The van der Waals surface area contributed by atoms with Crippen LogP contribution in [-0.2, 0) is 21.4 Å². The predicted octanol–water partition coefficient (Wildman–Crippen LogP) is 0.646. The Morgan fingerprint density at radius 2 is 1.97 bits per heavy atom. The molecule has 31 heavy (non-hydrogen) atoms. The molecule has 0 radical (unpaired) electrons. The number of likely N-dealkylation sites (tertiary alicyclic amines) is 1. The highest BCUT2D eigenvalue weighted by Gasteiger charge is 2.53. The molecule has 0 unspecified atom stereocenters. The van der Waals surface area contributed by atoms with E-state index in [0.717, 1.165) is 25.8 Å². The van der Waals surface area contributed by atoms with E-state index in [2.05, 4.69) is 18.0 Å². The molecule has 2 heterocycles. The van der Waals surface area contributed by atoms with Crippen molar-refractivity contribution in [2.24, 2.45) is 5.92 Å². The molecule has 5 rings (SSSR count). The zero-order chi connectivity index (χ0) is 21.9. The van der Waals surface area contributed by atoms with E-state index in [1.807, 2.05) is 12.1 Å². The summed E-state index contributed by atoms with van der Waals surface area (Å²) in [6, 6.07) is 6.47. The number of piperidine rings is 1. The second-order valence-corrected chi connectivity index (χ2v) is 9.68. The van der Waals surface area contributed by atoms with E-state index in [9.17, 15) is 25.2 Å². The average Bonchev–Trinajstić information content (AvgIpc) is 2.76. The molecule has 170 valence electrons. The number of hydrogen-bond acceptors (Lipinski definition) is 7. The van der Waals surface area contributed by atoms with Gasteiger partial charge < -0.3 is 34.8 Å². The Labute approximate surface area is 181 Å². The van der Waals surface area contributed by atoms with E-state index in [-0.39, 0.29) is 5.41 Å². The number of nitrogens with zero attached hydrogens (tertiary/aromatic N) is 1. The van der Waals surface area contributed by atoms with Crippen molar-refractivity contribution >= 4 is 5.97 Å². The lowest BCUT2D eigenvalue weighted by Crippen LogP contribution is -2.61. The van der Waals surface area contributed by atoms with Crippen molar-refractivity contribution in [2.75, 3.05) is 13.6 Å². The highest BCUT2D eigenvalue weighted by atomic mass is 16.7. The van der Waals surface area contributed by atoms with Crippen molar-refractivity contribution in [3.8, 4) is 5.75 Å². The van der Waals surface area contributed by atoms with Crippen LogP contribution in [0.15, 0.2) is 18.2 Å². The molecule has 2 saturated heterocycles. The third-order valence-corrected chi connectivity index (χ3v) is 8.15. The Morgan fingerprint density at radius 1 is 1.16 bits per heavy atom. The number of aliphatic hydroxyl groups excluding tert-OH is 3. The molecule has 4 N–H and O–H groups in total. The first-order valence-electron chi connectivity index (χ1n) is 11.2. The summed E-state index contributed by atoms with van der Waals surface area (Å²) >= 11 is 0. The van der Waals surface area contributed by atoms with Crippen LogP contribution in [0.4, 0.5) is 0 Å². The van der Waals surface area contributed by atoms with Gasteiger partial charge in [0.2, 0.25) is 6.29 Å². The fourth-order valence-electron chi connectivity index (χ4n) is 6.53. The van der Waals surface area contributed by atoms with Gasteiger partial charge in [-0.1, -0.05) is 18.9 Å². The van der Waals surface area contributed by atoms with Gasteiger partial charge in [-0.2, -0.15) is 0 Å². The van der Waals surface area contributed by atoms with Gasteiger partial charge >= 0.3 is 5.97 Å². The van der Waals surface area contributed by atoms with E-state index in [1.54, 1.807) is 0 Å². The molecule has 8 nitrogen and oxygen atoms in total. The molecule has 1 aromatic carbocycles. The highest BCUT2D eigenvalue weighted by molar-refractivity contribution is 5.73. The monoisotopic (exact) mass is 433 g/mol. The average molecular weight is 434 g/mol. The van der Waals surface area contributed by atoms with Crippen molar-refractivity contribution < 1.29 is 34.7 Å². The summed E-state index contributed by atoms with van der Waals surface area (Å²) in [7, 11) is 2.23. The summed E-state index contributed by atoms with van der Waals surface area (Å²) in [4.78, 5) is 13.9. The third kappa shape index (κ3) is 3.27. The summed E-state index contributed by atoms with van der Waals surface area (Å²) in [5.41, 5.74) is 2.76. The maximum absolute atomic E-state index is 11.4. The van der Waals surface area contributed by atoms with Crippen LogP contribution in [-0.4, -0.2) is 81.6 Å². The number of benzene rings is 1. The van der Waals surface area contributed by atoms with Crippen LogP contribution in [0.1, 0.15) is 43.2 Å². The summed E-state index contributed by atoms with van der Waals surface area (Å²) in [6.07, 6.45) is -1.03. The molecule has 2 aliphatic carbocycles. The molecular formula is C23H31NO7. The van der Waals surface area contributed by atoms with E-state index in [1.165, 1.54) is 30.4 Å². The van der Waals surface area contributed by atoms with E-state index in [0.29, 0.717) is 17.7 Å². The topological polar surface area (TPSA) is 120 Å². The third-order valence-electron chi connectivity index (χ3n) is 8.15. The van der Waals surface area contributed by atoms with Crippen LogP contribution >= 0.6 is 0 Å². The van der Waals surface area contributed by atoms with Gasteiger partial charge in [0, 0.05) is 11.5 Å². The molecule has 8 heteroatoms. The second-order valence-electron chi connectivity index (χ2n) is 9.68. The molecule has 1 saturated carbocycles.